The largest absolute Gasteiger partial charge is 0.354 e. The predicted molar refractivity (Wildman–Crippen MR) is 98.3 cm³/mol. The fourth-order valence-corrected chi connectivity index (χ4v) is 3.62. The minimum Gasteiger partial charge on any atom is -0.354 e. The summed E-state index contributed by atoms with van der Waals surface area (Å²) in [5.41, 5.74) is 0.664. The average Bonchev–Trinajstić information content (AvgIpc) is 3.17. The quantitative estimate of drug-likeness (QED) is 0.783. The van der Waals surface area contributed by atoms with Gasteiger partial charge in [0, 0.05) is 18.7 Å². The van der Waals surface area contributed by atoms with Crippen molar-refractivity contribution in [1.29, 1.82) is 0 Å². The highest BCUT2D eigenvalue weighted by Crippen LogP contribution is 2.41. The van der Waals surface area contributed by atoms with Crippen molar-refractivity contribution < 1.29 is 14.0 Å². The van der Waals surface area contributed by atoms with Crippen LogP contribution in [0.2, 0.25) is 0 Å². The summed E-state index contributed by atoms with van der Waals surface area (Å²) < 4.78 is 13.6. The summed E-state index contributed by atoms with van der Waals surface area (Å²) in [5.74, 6) is -0.577. The zero-order chi connectivity index (χ0) is 18.4. The highest BCUT2D eigenvalue weighted by Gasteiger charge is 2.42. The van der Waals surface area contributed by atoms with E-state index in [4.69, 9.17) is 0 Å². The van der Waals surface area contributed by atoms with Gasteiger partial charge in [0.2, 0.25) is 5.91 Å². The summed E-state index contributed by atoms with van der Waals surface area (Å²) in [6, 6.07) is 15.3. The lowest BCUT2D eigenvalue weighted by atomic mass is 9.78. The molecule has 0 aromatic heterocycles. The molecular weight excluding hydrogens is 331 g/mol. The molecule has 1 fully saturated rings. The first-order chi connectivity index (χ1) is 12.6. The Morgan fingerprint density at radius 1 is 0.923 bits per heavy atom. The topological polar surface area (TPSA) is 58.2 Å². The van der Waals surface area contributed by atoms with Gasteiger partial charge in [-0.2, -0.15) is 0 Å². The van der Waals surface area contributed by atoms with Crippen LogP contribution in [-0.4, -0.2) is 24.9 Å². The van der Waals surface area contributed by atoms with Gasteiger partial charge in [-0.15, -0.1) is 0 Å². The first kappa shape index (κ1) is 18.1. The van der Waals surface area contributed by atoms with Crippen LogP contribution < -0.4 is 10.6 Å². The van der Waals surface area contributed by atoms with Gasteiger partial charge >= 0.3 is 0 Å². The minimum absolute atomic E-state index is 0.0884. The van der Waals surface area contributed by atoms with Gasteiger partial charge in [-0.3, -0.25) is 9.59 Å². The van der Waals surface area contributed by atoms with Crippen molar-refractivity contribution in [3.8, 4) is 0 Å². The number of halogens is 1. The van der Waals surface area contributed by atoms with E-state index in [2.05, 4.69) is 10.6 Å². The summed E-state index contributed by atoms with van der Waals surface area (Å²) in [6.07, 6.45) is 3.35. The van der Waals surface area contributed by atoms with E-state index in [0.717, 1.165) is 31.2 Å². The van der Waals surface area contributed by atoms with E-state index < -0.39 is 5.41 Å². The summed E-state index contributed by atoms with van der Waals surface area (Å²) >= 11 is 0. The molecule has 1 aliphatic carbocycles. The molecule has 0 heterocycles. The summed E-state index contributed by atoms with van der Waals surface area (Å²) in [6.45, 7) is 0.688. The van der Waals surface area contributed by atoms with E-state index in [9.17, 15) is 14.0 Å². The monoisotopic (exact) mass is 354 g/mol. The second-order valence-corrected chi connectivity index (χ2v) is 6.68. The molecule has 3 rings (SSSR count). The molecule has 1 aliphatic rings. The average molecular weight is 354 g/mol. The summed E-state index contributed by atoms with van der Waals surface area (Å²) in [4.78, 5) is 24.8. The molecule has 0 radical (unpaired) electrons. The van der Waals surface area contributed by atoms with Gasteiger partial charge in [0.25, 0.3) is 5.91 Å². The lowest BCUT2D eigenvalue weighted by Gasteiger charge is -2.28. The van der Waals surface area contributed by atoms with Gasteiger partial charge in [0.15, 0.2) is 0 Å². The van der Waals surface area contributed by atoms with Crippen molar-refractivity contribution in [3.63, 3.8) is 0 Å². The molecule has 0 aliphatic heterocycles. The van der Waals surface area contributed by atoms with Crippen LogP contribution in [0.15, 0.2) is 54.6 Å². The molecule has 0 bridgehead atoms. The Hall–Kier alpha value is -2.69. The number of benzene rings is 2. The zero-order valence-electron chi connectivity index (χ0n) is 14.6. The Kier molecular flexibility index (Phi) is 5.66. The molecular formula is C21H23FN2O2. The molecule has 1 saturated carbocycles. The van der Waals surface area contributed by atoms with Crippen LogP contribution in [0.1, 0.15) is 41.6 Å². The number of carbonyl (C=O) groups is 2. The Morgan fingerprint density at radius 2 is 1.62 bits per heavy atom. The van der Waals surface area contributed by atoms with E-state index in [1.807, 2.05) is 12.1 Å². The third-order valence-corrected chi connectivity index (χ3v) is 5.00. The first-order valence-corrected chi connectivity index (χ1v) is 8.99. The standard InChI is InChI=1S/C21H23FN2O2/c22-18-10-6-9-17(15-18)21(11-4-5-12-21)20(26)24-14-13-23-19(25)16-7-2-1-3-8-16/h1-3,6-10,15H,4-5,11-14H2,(H,23,25)(H,24,26). The van der Waals surface area contributed by atoms with Crippen LogP contribution in [-0.2, 0) is 10.2 Å². The van der Waals surface area contributed by atoms with Crippen molar-refractivity contribution in [3.05, 3.63) is 71.5 Å². The number of nitrogens with one attached hydrogen (secondary N) is 2. The number of hydrogen-bond acceptors (Lipinski definition) is 2. The van der Waals surface area contributed by atoms with E-state index >= 15 is 0 Å². The Morgan fingerprint density at radius 3 is 2.31 bits per heavy atom. The van der Waals surface area contributed by atoms with Crippen LogP contribution in [0, 0.1) is 5.82 Å². The van der Waals surface area contributed by atoms with Gasteiger partial charge in [-0.1, -0.05) is 43.2 Å². The SMILES string of the molecule is O=C(NCCNC(=O)C1(c2cccc(F)c2)CCCC1)c1ccccc1. The predicted octanol–water partition coefficient (Wildman–Crippen LogP) is 3.18. The van der Waals surface area contributed by atoms with Crippen molar-refractivity contribution in [2.75, 3.05) is 13.1 Å². The van der Waals surface area contributed by atoms with Gasteiger partial charge in [0.05, 0.1) is 5.41 Å². The lowest BCUT2D eigenvalue weighted by molar-refractivity contribution is -0.126. The fraction of sp³-hybridized carbons (Fsp3) is 0.333. The molecule has 2 aromatic carbocycles. The van der Waals surface area contributed by atoms with Crippen LogP contribution in [0.5, 0.6) is 0 Å². The van der Waals surface area contributed by atoms with E-state index in [1.54, 1.807) is 30.3 Å². The van der Waals surface area contributed by atoms with Crippen molar-refractivity contribution in [2.24, 2.45) is 0 Å². The van der Waals surface area contributed by atoms with E-state index in [-0.39, 0.29) is 17.6 Å². The number of amides is 2. The molecule has 2 amide bonds. The zero-order valence-corrected chi connectivity index (χ0v) is 14.6. The van der Waals surface area contributed by atoms with Gasteiger partial charge in [0.1, 0.15) is 5.82 Å². The molecule has 5 heteroatoms. The molecule has 0 atom stereocenters. The molecule has 2 N–H and O–H groups in total. The maximum Gasteiger partial charge on any atom is 0.251 e. The van der Waals surface area contributed by atoms with Crippen molar-refractivity contribution >= 4 is 11.8 Å². The van der Waals surface area contributed by atoms with Crippen molar-refractivity contribution in [1.82, 2.24) is 10.6 Å². The van der Waals surface area contributed by atoms with Crippen LogP contribution in [0.3, 0.4) is 0 Å². The normalized spacial score (nSPS) is 15.4. The van der Waals surface area contributed by atoms with Crippen LogP contribution >= 0.6 is 0 Å². The molecule has 0 saturated heterocycles. The lowest BCUT2D eigenvalue weighted by Crippen LogP contribution is -2.45. The number of carbonyl (C=O) groups excluding carboxylic acids is 2. The highest BCUT2D eigenvalue weighted by molar-refractivity contribution is 5.94. The Bertz CT molecular complexity index is 771. The summed E-state index contributed by atoms with van der Waals surface area (Å²) in [7, 11) is 0. The van der Waals surface area contributed by atoms with Crippen molar-refractivity contribution in [2.45, 2.75) is 31.1 Å². The first-order valence-electron chi connectivity index (χ1n) is 8.99. The Balaban J connectivity index is 1.57. The third kappa shape index (κ3) is 3.93. The summed E-state index contributed by atoms with van der Waals surface area (Å²) in [5, 5.41) is 5.71. The molecule has 0 spiro atoms. The van der Waals surface area contributed by atoms with E-state index in [1.165, 1.54) is 12.1 Å². The maximum absolute atomic E-state index is 13.6. The van der Waals surface area contributed by atoms with Crippen LogP contribution in [0.25, 0.3) is 0 Å². The van der Waals surface area contributed by atoms with E-state index in [0.29, 0.717) is 18.7 Å². The molecule has 2 aromatic rings. The highest BCUT2D eigenvalue weighted by atomic mass is 19.1. The smallest absolute Gasteiger partial charge is 0.251 e. The Labute approximate surface area is 152 Å². The minimum atomic E-state index is -0.661. The molecule has 136 valence electrons. The number of hydrogen-bond donors (Lipinski definition) is 2. The van der Waals surface area contributed by atoms with Gasteiger partial charge in [-0.25, -0.2) is 4.39 Å². The third-order valence-electron chi connectivity index (χ3n) is 5.00. The molecule has 0 unspecified atom stereocenters. The van der Waals surface area contributed by atoms with Gasteiger partial charge < -0.3 is 10.6 Å². The molecule has 26 heavy (non-hydrogen) atoms. The van der Waals surface area contributed by atoms with Crippen LogP contribution in [0.4, 0.5) is 4.39 Å². The number of rotatable bonds is 6. The van der Waals surface area contributed by atoms with Gasteiger partial charge in [-0.05, 0) is 42.7 Å². The molecule has 4 nitrogen and oxygen atoms in total. The fourth-order valence-electron chi connectivity index (χ4n) is 3.62. The second-order valence-electron chi connectivity index (χ2n) is 6.68. The maximum atomic E-state index is 13.6. The second kappa shape index (κ2) is 8.13.